The van der Waals surface area contributed by atoms with E-state index in [2.05, 4.69) is 0 Å². The number of anilines is 1. The first-order valence-electron chi connectivity index (χ1n) is 6.16. The van der Waals surface area contributed by atoms with E-state index in [1.165, 1.54) is 0 Å². The summed E-state index contributed by atoms with van der Waals surface area (Å²) in [5.74, 6) is 0.708. The predicted molar refractivity (Wildman–Crippen MR) is 74.4 cm³/mol. The van der Waals surface area contributed by atoms with Crippen molar-refractivity contribution in [2.24, 2.45) is 0 Å². The van der Waals surface area contributed by atoms with Gasteiger partial charge in [0.15, 0.2) is 5.78 Å². The Balaban J connectivity index is 2.48. The second kappa shape index (κ2) is 5.14. The summed E-state index contributed by atoms with van der Waals surface area (Å²) in [6, 6.07) is 5.77. The lowest BCUT2D eigenvalue weighted by atomic mass is 10.1. The third kappa shape index (κ3) is 2.29. The molecule has 1 aliphatic heterocycles. The van der Waals surface area contributed by atoms with E-state index in [1.54, 1.807) is 16.7 Å². The Morgan fingerprint density at radius 1 is 1.44 bits per heavy atom. The molecule has 0 spiro atoms. The molecule has 1 heterocycles. The maximum atomic E-state index is 12.0. The number of benzene rings is 1. The van der Waals surface area contributed by atoms with Crippen LogP contribution in [-0.2, 0) is 4.79 Å². The molecular formula is C14H17NO2S. The number of carbonyl (C=O) groups excluding carboxylic acids is 2. The zero-order valence-corrected chi connectivity index (χ0v) is 11.7. The number of thioether (sulfide) groups is 1. The van der Waals surface area contributed by atoms with Gasteiger partial charge in [-0.3, -0.25) is 9.59 Å². The Kier molecular flexibility index (Phi) is 3.76. The number of fused-ring (bicyclic) bond motifs is 1. The molecule has 1 aromatic carbocycles. The number of carbonyl (C=O) groups is 2. The van der Waals surface area contributed by atoms with Crippen molar-refractivity contribution in [3.05, 3.63) is 23.8 Å². The van der Waals surface area contributed by atoms with E-state index in [0.717, 1.165) is 10.6 Å². The van der Waals surface area contributed by atoms with Crippen molar-refractivity contribution in [3.63, 3.8) is 0 Å². The molecule has 4 heteroatoms. The summed E-state index contributed by atoms with van der Waals surface area (Å²) in [5, 5.41) is 0. The lowest BCUT2D eigenvalue weighted by molar-refractivity contribution is -0.116. The molecule has 0 saturated heterocycles. The minimum atomic E-state index is 0.114. The van der Waals surface area contributed by atoms with E-state index < -0.39 is 0 Å². The van der Waals surface area contributed by atoms with E-state index in [1.807, 2.05) is 39.0 Å². The predicted octanol–water partition coefficient (Wildman–Crippen LogP) is 3.13. The highest BCUT2D eigenvalue weighted by atomic mass is 32.2. The Hall–Kier alpha value is -1.29. The van der Waals surface area contributed by atoms with Gasteiger partial charge >= 0.3 is 0 Å². The second-order valence-corrected chi connectivity index (χ2v) is 5.62. The number of Topliss-reactive ketones (excluding diaryl/α,β-unsaturated/α-hetero) is 1. The molecule has 0 radical (unpaired) electrons. The summed E-state index contributed by atoms with van der Waals surface area (Å²) in [7, 11) is 0. The second-order valence-electron chi connectivity index (χ2n) is 4.61. The minimum Gasteiger partial charge on any atom is -0.308 e. The van der Waals surface area contributed by atoms with Crippen LogP contribution in [0.5, 0.6) is 0 Å². The molecule has 1 amide bonds. The molecular weight excluding hydrogens is 246 g/mol. The molecule has 0 aliphatic carbocycles. The number of ketones is 1. The average Bonchev–Trinajstić information content (AvgIpc) is 2.36. The van der Waals surface area contributed by atoms with Crippen LogP contribution in [0.3, 0.4) is 0 Å². The zero-order chi connectivity index (χ0) is 13.3. The molecule has 0 bridgehead atoms. The van der Waals surface area contributed by atoms with Gasteiger partial charge in [0, 0.05) is 22.9 Å². The monoisotopic (exact) mass is 263 g/mol. The lowest BCUT2D eigenvalue weighted by Gasteiger charge is -2.32. The molecule has 1 aliphatic rings. The fourth-order valence-electron chi connectivity index (χ4n) is 2.11. The van der Waals surface area contributed by atoms with Crippen LogP contribution in [0.4, 0.5) is 5.69 Å². The first kappa shape index (κ1) is 13.1. The van der Waals surface area contributed by atoms with Gasteiger partial charge < -0.3 is 4.90 Å². The van der Waals surface area contributed by atoms with E-state index in [4.69, 9.17) is 0 Å². The summed E-state index contributed by atoms with van der Waals surface area (Å²) < 4.78 is 0. The normalized spacial score (nSPS) is 14.9. The van der Waals surface area contributed by atoms with Crippen LogP contribution in [0.15, 0.2) is 23.1 Å². The van der Waals surface area contributed by atoms with Crippen LogP contribution < -0.4 is 4.90 Å². The third-order valence-electron chi connectivity index (χ3n) is 3.00. The largest absolute Gasteiger partial charge is 0.308 e. The summed E-state index contributed by atoms with van der Waals surface area (Å²) in [4.78, 5) is 26.6. The van der Waals surface area contributed by atoms with Crippen LogP contribution in [0, 0.1) is 0 Å². The van der Waals surface area contributed by atoms with Gasteiger partial charge in [-0.25, -0.2) is 0 Å². The van der Waals surface area contributed by atoms with Crippen LogP contribution >= 0.6 is 11.8 Å². The van der Waals surface area contributed by atoms with E-state index >= 15 is 0 Å². The fourth-order valence-corrected chi connectivity index (χ4v) is 3.00. The molecule has 0 unspecified atom stereocenters. The zero-order valence-electron chi connectivity index (χ0n) is 10.9. The van der Waals surface area contributed by atoms with Gasteiger partial charge in [0.1, 0.15) is 0 Å². The average molecular weight is 263 g/mol. The topological polar surface area (TPSA) is 37.4 Å². The van der Waals surface area contributed by atoms with E-state index in [-0.39, 0.29) is 17.7 Å². The maximum absolute atomic E-state index is 12.0. The third-order valence-corrected chi connectivity index (χ3v) is 4.05. The van der Waals surface area contributed by atoms with Crippen molar-refractivity contribution in [1.29, 1.82) is 0 Å². The summed E-state index contributed by atoms with van der Waals surface area (Å²) in [6.45, 7) is 5.83. The van der Waals surface area contributed by atoms with Gasteiger partial charge in [-0.05, 0) is 26.0 Å². The van der Waals surface area contributed by atoms with Crippen molar-refractivity contribution >= 4 is 29.1 Å². The van der Waals surface area contributed by atoms with E-state index in [0.29, 0.717) is 17.7 Å². The fraction of sp³-hybridized carbons (Fsp3) is 0.429. The molecule has 0 atom stereocenters. The highest BCUT2D eigenvalue weighted by Gasteiger charge is 2.27. The van der Waals surface area contributed by atoms with E-state index in [9.17, 15) is 9.59 Å². The van der Waals surface area contributed by atoms with Gasteiger partial charge in [-0.1, -0.05) is 13.0 Å². The molecule has 1 aromatic rings. The lowest BCUT2D eigenvalue weighted by Crippen LogP contribution is -2.40. The molecule has 3 nitrogen and oxygen atoms in total. The van der Waals surface area contributed by atoms with Crippen LogP contribution in [0.2, 0.25) is 0 Å². The SMILES string of the molecule is CCC(=O)c1ccc2c(c1)N(C(C)C)C(=O)CS2. The molecule has 18 heavy (non-hydrogen) atoms. The maximum Gasteiger partial charge on any atom is 0.237 e. The molecule has 0 N–H and O–H groups in total. The summed E-state index contributed by atoms with van der Waals surface area (Å²) >= 11 is 1.54. The van der Waals surface area contributed by atoms with Crippen LogP contribution in [0.25, 0.3) is 0 Å². The van der Waals surface area contributed by atoms with Crippen molar-refractivity contribution in [1.82, 2.24) is 0 Å². The Bertz CT molecular complexity index is 497. The van der Waals surface area contributed by atoms with Gasteiger partial charge in [0.25, 0.3) is 0 Å². The van der Waals surface area contributed by atoms with Crippen LogP contribution in [-0.4, -0.2) is 23.5 Å². The van der Waals surface area contributed by atoms with Gasteiger partial charge in [0.05, 0.1) is 11.4 Å². The molecule has 0 saturated carbocycles. The number of hydrogen-bond acceptors (Lipinski definition) is 3. The molecule has 0 fully saturated rings. The Morgan fingerprint density at radius 3 is 2.78 bits per heavy atom. The van der Waals surface area contributed by atoms with Crippen LogP contribution in [0.1, 0.15) is 37.6 Å². The number of amides is 1. The van der Waals surface area contributed by atoms with Gasteiger partial charge in [-0.2, -0.15) is 0 Å². The standard InChI is InChI=1S/C14H17NO2S/c1-4-12(16)10-5-6-13-11(7-10)15(9(2)3)14(17)8-18-13/h5-7,9H,4,8H2,1-3H3. The van der Waals surface area contributed by atoms with Crippen molar-refractivity contribution in [2.45, 2.75) is 38.1 Å². The Labute approximate surface area is 112 Å². The highest BCUT2D eigenvalue weighted by Crippen LogP contribution is 2.37. The summed E-state index contributed by atoms with van der Waals surface area (Å²) in [6.07, 6.45) is 0.488. The number of nitrogens with zero attached hydrogens (tertiary/aromatic N) is 1. The number of hydrogen-bond donors (Lipinski definition) is 0. The smallest absolute Gasteiger partial charge is 0.237 e. The van der Waals surface area contributed by atoms with Gasteiger partial charge in [0.2, 0.25) is 5.91 Å². The first-order chi connectivity index (χ1) is 8.54. The summed E-state index contributed by atoms with van der Waals surface area (Å²) in [5.41, 5.74) is 1.57. The van der Waals surface area contributed by atoms with Crippen molar-refractivity contribution in [3.8, 4) is 0 Å². The molecule has 0 aromatic heterocycles. The van der Waals surface area contributed by atoms with Gasteiger partial charge in [-0.15, -0.1) is 11.8 Å². The first-order valence-corrected chi connectivity index (χ1v) is 7.15. The highest BCUT2D eigenvalue weighted by molar-refractivity contribution is 8.00. The quantitative estimate of drug-likeness (QED) is 0.786. The molecule has 96 valence electrons. The number of rotatable bonds is 3. The molecule has 2 rings (SSSR count). The minimum absolute atomic E-state index is 0.114. The van der Waals surface area contributed by atoms with Crippen molar-refractivity contribution < 1.29 is 9.59 Å². The Morgan fingerprint density at radius 2 is 2.17 bits per heavy atom. The van der Waals surface area contributed by atoms with Crippen molar-refractivity contribution in [2.75, 3.05) is 10.7 Å².